The lowest BCUT2D eigenvalue weighted by Gasteiger charge is -2.10. The maximum Gasteiger partial charge on any atom is 0.122 e. The van der Waals surface area contributed by atoms with Crippen molar-refractivity contribution in [2.24, 2.45) is 0 Å². The minimum atomic E-state index is 0.519. The molecule has 2 heteroatoms. The lowest BCUT2D eigenvalue weighted by molar-refractivity contribution is 0.217. The molecule has 0 aromatic heterocycles. The molecular formula is C22H18O2. The van der Waals surface area contributed by atoms with Crippen molar-refractivity contribution in [1.29, 1.82) is 0 Å². The molecule has 0 aliphatic rings. The van der Waals surface area contributed by atoms with E-state index in [4.69, 9.17) is 9.47 Å². The van der Waals surface area contributed by atoms with E-state index in [1.54, 1.807) is 0 Å². The zero-order valence-electron chi connectivity index (χ0n) is 13.3. The van der Waals surface area contributed by atoms with Crippen LogP contribution in [0.15, 0.2) is 84.9 Å². The van der Waals surface area contributed by atoms with Gasteiger partial charge >= 0.3 is 0 Å². The summed E-state index contributed by atoms with van der Waals surface area (Å²) in [6.07, 6.45) is 0. The number of fused-ring (bicyclic) bond motifs is 2. The van der Waals surface area contributed by atoms with Crippen molar-refractivity contribution in [3.05, 3.63) is 84.9 Å². The first-order chi connectivity index (χ1) is 11.9. The van der Waals surface area contributed by atoms with Crippen LogP contribution in [0.4, 0.5) is 0 Å². The molecule has 4 aromatic rings. The maximum atomic E-state index is 5.80. The average molecular weight is 314 g/mol. The quantitative estimate of drug-likeness (QED) is 0.456. The van der Waals surface area contributed by atoms with Crippen molar-refractivity contribution in [2.45, 2.75) is 0 Å². The third-order valence-corrected chi connectivity index (χ3v) is 4.06. The highest BCUT2D eigenvalue weighted by atomic mass is 16.5. The molecular weight excluding hydrogens is 296 g/mol. The second-order valence-electron chi connectivity index (χ2n) is 5.71. The fourth-order valence-electron chi connectivity index (χ4n) is 2.83. The van der Waals surface area contributed by atoms with Gasteiger partial charge < -0.3 is 9.47 Å². The van der Waals surface area contributed by atoms with Crippen molar-refractivity contribution in [3.63, 3.8) is 0 Å². The Kier molecular flexibility index (Phi) is 4.03. The van der Waals surface area contributed by atoms with E-state index in [1.165, 1.54) is 21.5 Å². The molecule has 0 unspecified atom stereocenters. The van der Waals surface area contributed by atoms with Gasteiger partial charge in [-0.3, -0.25) is 0 Å². The summed E-state index contributed by atoms with van der Waals surface area (Å²) in [5, 5.41) is 4.81. The fourth-order valence-corrected chi connectivity index (χ4v) is 2.83. The molecule has 2 nitrogen and oxygen atoms in total. The van der Waals surface area contributed by atoms with E-state index in [0.29, 0.717) is 13.2 Å². The van der Waals surface area contributed by atoms with Crippen LogP contribution >= 0.6 is 0 Å². The van der Waals surface area contributed by atoms with E-state index in [9.17, 15) is 0 Å². The van der Waals surface area contributed by atoms with Gasteiger partial charge in [-0.2, -0.15) is 0 Å². The summed E-state index contributed by atoms with van der Waals surface area (Å²) in [6, 6.07) is 28.8. The third-order valence-electron chi connectivity index (χ3n) is 4.06. The summed E-state index contributed by atoms with van der Waals surface area (Å²) >= 11 is 0. The Hall–Kier alpha value is -3.00. The van der Waals surface area contributed by atoms with Gasteiger partial charge in [-0.25, -0.2) is 0 Å². The number of benzene rings is 4. The first-order valence-electron chi connectivity index (χ1n) is 8.12. The standard InChI is InChI=1S/C22H18O2/c1-3-7-19-15-21(11-9-17(19)5-1)23-13-14-24-22-12-10-18-6-2-4-8-20(18)16-22/h1-12,15-16H,13-14H2. The lowest BCUT2D eigenvalue weighted by atomic mass is 10.1. The summed E-state index contributed by atoms with van der Waals surface area (Å²) in [6.45, 7) is 1.04. The summed E-state index contributed by atoms with van der Waals surface area (Å²) in [5.74, 6) is 1.74. The Bertz CT molecular complexity index is 894. The molecule has 24 heavy (non-hydrogen) atoms. The average Bonchev–Trinajstić information content (AvgIpc) is 2.65. The smallest absolute Gasteiger partial charge is 0.122 e. The van der Waals surface area contributed by atoms with Crippen molar-refractivity contribution in [1.82, 2.24) is 0 Å². The number of rotatable bonds is 5. The van der Waals surface area contributed by atoms with Crippen molar-refractivity contribution in [2.75, 3.05) is 13.2 Å². The molecule has 0 spiro atoms. The summed E-state index contributed by atoms with van der Waals surface area (Å²) in [4.78, 5) is 0. The Morgan fingerprint density at radius 3 is 1.33 bits per heavy atom. The topological polar surface area (TPSA) is 18.5 Å². The summed E-state index contributed by atoms with van der Waals surface area (Å²) < 4.78 is 11.6. The van der Waals surface area contributed by atoms with Gasteiger partial charge in [-0.15, -0.1) is 0 Å². The number of ether oxygens (including phenoxy) is 2. The van der Waals surface area contributed by atoms with E-state index in [0.717, 1.165) is 11.5 Å². The summed E-state index contributed by atoms with van der Waals surface area (Å²) in [5.41, 5.74) is 0. The van der Waals surface area contributed by atoms with Crippen molar-refractivity contribution < 1.29 is 9.47 Å². The monoisotopic (exact) mass is 314 g/mol. The lowest BCUT2D eigenvalue weighted by Crippen LogP contribution is -2.08. The number of hydrogen-bond donors (Lipinski definition) is 0. The van der Waals surface area contributed by atoms with E-state index < -0.39 is 0 Å². The Labute approximate surface area is 141 Å². The molecule has 0 fully saturated rings. The zero-order valence-corrected chi connectivity index (χ0v) is 13.3. The van der Waals surface area contributed by atoms with Gasteiger partial charge in [0.2, 0.25) is 0 Å². The van der Waals surface area contributed by atoms with Crippen LogP contribution in [0.25, 0.3) is 21.5 Å². The predicted molar refractivity (Wildman–Crippen MR) is 98.9 cm³/mol. The Balaban J connectivity index is 1.36. The fraction of sp³-hybridized carbons (Fsp3) is 0.0909. The zero-order chi connectivity index (χ0) is 16.2. The highest BCUT2D eigenvalue weighted by Gasteiger charge is 1.99. The Morgan fingerprint density at radius 1 is 0.458 bits per heavy atom. The first-order valence-corrected chi connectivity index (χ1v) is 8.12. The van der Waals surface area contributed by atoms with Crippen molar-refractivity contribution >= 4 is 21.5 Å². The van der Waals surface area contributed by atoms with Crippen LogP contribution in [-0.4, -0.2) is 13.2 Å². The highest BCUT2D eigenvalue weighted by Crippen LogP contribution is 2.22. The molecule has 0 radical (unpaired) electrons. The van der Waals surface area contributed by atoms with Gasteiger partial charge in [0, 0.05) is 0 Å². The van der Waals surface area contributed by atoms with Crippen LogP contribution in [-0.2, 0) is 0 Å². The second-order valence-corrected chi connectivity index (χ2v) is 5.71. The molecule has 0 saturated carbocycles. The van der Waals surface area contributed by atoms with E-state index in [-0.39, 0.29) is 0 Å². The van der Waals surface area contributed by atoms with E-state index in [2.05, 4.69) is 48.5 Å². The van der Waals surface area contributed by atoms with Gasteiger partial charge in [0.15, 0.2) is 0 Å². The molecule has 0 saturated heterocycles. The molecule has 0 N–H and O–H groups in total. The van der Waals surface area contributed by atoms with Crippen LogP contribution in [0.5, 0.6) is 11.5 Å². The molecule has 118 valence electrons. The van der Waals surface area contributed by atoms with Gasteiger partial charge in [0.25, 0.3) is 0 Å². The van der Waals surface area contributed by atoms with Crippen LogP contribution in [0.3, 0.4) is 0 Å². The molecule has 4 rings (SSSR count). The van der Waals surface area contributed by atoms with E-state index >= 15 is 0 Å². The normalized spacial score (nSPS) is 10.8. The van der Waals surface area contributed by atoms with Crippen molar-refractivity contribution in [3.8, 4) is 11.5 Å². The van der Waals surface area contributed by atoms with Crippen LogP contribution in [0.1, 0.15) is 0 Å². The second kappa shape index (κ2) is 6.63. The molecule has 0 aliphatic carbocycles. The molecule has 0 aliphatic heterocycles. The minimum absolute atomic E-state index is 0.519. The van der Waals surface area contributed by atoms with Gasteiger partial charge in [0.05, 0.1) is 0 Å². The highest BCUT2D eigenvalue weighted by molar-refractivity contribution is 5.84. The molecule has 0 amide bonds. The molecule has 4 aromatic carbocycles. The van der Waals surface area contributed by atoms with Crippen LogP contribution < -0.4 is 9.47 Å². The first kappa shape index (κ1) is 14.6. The number of hydrogen-bond acceptors (Lipinski definition) is 2. The van der Waals surface area contributed by atoms with Crippen LogP contribution in [0.2, 0.25) is 0 Å². The maximum absolute atomic E-state index is 5.80. The largest absolute Gasteiger partial charge is 0.490 e. The molecule has 0 heterocycles. The molecule has 0 atom stereocenters. The van der Waals surface area contributed by atoms with Crippen LogP contribution in [0, 0.1) is 0 Å². The summed E-state index contributed by atoms with van der Waals surface area (Å²) in [7, 11) is 0. The van der Waals surface area contributed by atoms with Gasteiger partial charge in [0.1, 0.15) is 24.7 Å². The molecule has 0 bridgehead atoms. The van der Waals surface area contributed by atoms with E-state index in [1.807, 2.05) is 36.4 Å². The predicted octanol–water partition coefficient (Wildman–Crippen LogP) is 5.45. The minimum Gasteiger partial charge on any atom is -0.490 e. The van der Waals surface area contributed by atoms with Gasteiger partial charge in [-0.05, 0) is 45.8 Å². The van der Waals surface area contributed by atoms with Gasteiger partial charge in [-0.1, -0.05) is 60.7 Å². The Morgan fingerprint density at radius 2 is 0.875 bits per heavy atom. The SMILES string of the molecule is c1ccc2cc(OCCOc3ccc4ccccc4c3)ccc2c1. The third kappa shape index (κ3) is 3.18.